The van der Waals surface area contributed by atoms with Crippen LogP contribution in [0.4, 0.5) is 0 Å². The smallest absolute Gasteiger partial charge is 0.328 e. The molecule has 0 aliphatic rings. The summed E-state index contributed by atoms with van der Waals surface area (Å²) in [5, 5.41) is 0. The van der Waals surface area contributed by atoms with Gasteiger partial charge in [0.25, 0.3) is 5.56 Å². The van der Waals surface area contributed by atoms with Crippen LogP contribution in [0, 0.1) is 6.92 Å². The van der Waals surface area contributed by atoms with Crippen molar-refractivity contribution in [2.24, 2.45) is 0 Å². The lowest BCUT2D eigenvalue weighted by Gasteiger charge is -2.08. The summed E-state index contributed by atoms with van der Waals surface area (Å²) in [5.74, 6) is 0. The predicted octanol–water partition coefficient (Wildman–Crippen LogP) is 0.500. The second-order valence-electron chi connectivity index (χ2n) is 4.28. The van der Waals surface area contributed by atoms with E-state index in [0.29, 0.717) is 12.1 Å². The Morgan fingerprint density at radius 2 is 2.11 bits per heavy atom. The predicted molar refractivity (Wildman–Crippen MR) is 67.7 cm³/mol. The van der Waals surface area contributed by atoms with Gasteiger partial charge in [-0.05, 0) is 13.3 Å². The van der Waals surface area contributed by atoms with Gasteiger partial charge in [-0.15, -0.1) is 0 Å². The Bertz CT molecular complexity index is 651. The molecule has 2 aromatic heterocycles. The first kappa shape index (κ1) is 12.3. The maximum absolute atomic E-state index is 11.7. The summed E-state index contributed by atoms with van der Waals surface area (Å²) in [5.41, 5.74) is 0.745. The minimum absolute atomic E-state index is 0.335. The molecule has 0 spiro atoms. The van der Waals surface area contributed by atoms with Gasteiger partial charge in [0.2, 0.25) is 0 Å². The van der Waals surface area contributed by atoms with Crippen molar-refractivity contribution >= 4 is 0 Å². The molecule has 0 aliphatic carbocycles. The van der Waals surface area contributed by atoms with E-state index in [1.54, 1.807) is 25.6 Å². The molecule has 0 aliphatic heterocycles. The van der Waals surface area contributed by atoms with Gasteiger partial charge in [0, 0.05) is 24.5 Å². The SMILES string of the molecule is CCCn1cncc1Cn1cc(C)c(=O)[nH]c1=O. The van der Waals surface area contributed by atoms with Gasteiger partial charge in [-0.2, -0.15) is 0 Å². The molecule has 2 heterocycles. The number of aromatic amines is 1. The summed E-state index contributed by atoms with van der Waals surface area (Å²) >= 11 is 0. The number of nitrogens with zero attached hydrogens (tertiary/aromatic N) is 3. The van der Waals surface area contributed by atoms with E-state index >= 15 is 0 Å². The highest BCUT2D eigenvalue weighted by Gasteiger charge is 2.05. The van der Waals surface area contributed by atoms with Crippen LogP contribution < -0.4 is 11.2 Å². The first-order valence-electron chi connectivity index (χ1n) is 5.91. The Hall–Kier alpha value is -2.11. The summed E-state index contributed by atoms with van der Waals surface area (Å²) in [7, 11) is 0. The van der Waals surface area contributed by atoms with Gasteiger partial charge in [0.05, 0.1) is 18.6 Å². The van der Waals surface area contributed by atoms with Crippen molar-refractivity contribution in [1.29, 1.82) is 0 Å². The van der Waals surface area contributed by atoms with Gasteiger partial charge in [-0.25, -0.2) is 9.78 Å². The van der Waals surface area contributed by atoms with Crippen LogP contribution in [0.2, 0.25) is 0 Å². The van der Waals surface area contributed by atoms with Crippen molar-refractivity contribution in [3.05, 3.63) is 50.8 Å². The number of nitrogens with one attached hydrogen (secondary N) is 1. The third-order valence-electron chi connectivity index (χ3n) is 2.78. The first-order valence-corrected chi connectivity index (χ1v) is 5.91. The van der Waals surface area contributed by atoms with Crippen LogP contribution in [-0.2, 0) is 13.1 Å². The molecule has 0 unspecified atom stereocenters. The Kier molecular flexibility index (Phi) is 3.45. The molecule has 0 bridgehead atoms. The van der Waals surface area contributed by atoms with Crippen molar-refractivity contribution in [2.75, 3.05) is 0 Å². The number of aryl methyl sites for hydroxylation is 2. The van der Waals surface area contributed by atoms with E-state index < -0.39 is 5.69 Å². The quantitative estimate of drug-likeness (QED) is 0.856. The Morgan fingerprint density at radius 3 is 2.83 bits per heavy atom. The third kappa shape index (κ3) is 2.42. The van der Waals surface area contributed by atoms with Crippen molar-refractivity contribution in [2.45, 2.75) is 33.4 Å². The van der Waals surface area contributed by atoms with Gasteiger partial charge in [0.15, 0.2) is 0 Å². The number of hydrogen-bond donors (Lipinski definition) is 1. The Labute approximate surface area is 104 Å². The molecule has 0 amide bonds. The van der Waals surface area contributed by atoms with Gasteiger partial charge in [0.1, 0.15) is 0 Å². The first-order chi connectivity index (χ1) is 8.61. The van der Waals surface area contributed by atoms with Gasteiger partial charge < -0.3 is 4.57 Å². The highest BCUT2D eigenvalue weighted by Crippen LogP contribution is 2.02. The van der Waals surface area contributed by atoms with E-state index in [9.17, 15) is 9.59 Å². The van der Waals surface area contributed by atoms with Crippen LogP contribution in [-0.4, -0.2) is 19.1 Å². The zero-order valence-electron chi connectivity index (χ0n) is 10.5. The maximum Gasteiger partial charge on any atom is 0.328 e. The van der Waals surface area contributed by atoms with Crippen LogP contribution in [0.3, 0.4) is 0 Å². The van der Waals surface area contributed by atoms with Gasteiger partial charge in [-0.3, -0.25) is 14.3 Å². The molecule has 0 fully saturated rings. The largest absolute Gasteiger partial charge is 0.333 e. The summed E-state index contributed by atoms with van der Waals surface area (Å²) in [6.07, 6.45) is 6.07. The van der Waals surface area contributed by atoms with E-state index in [1.807, 2.05) is 4.57 Å². The minimum atomic E-state index is -0.394. The van der Waals surface area contributed by atoms with Gasteiger partial charge in [-0.1, -0.05) is 6.92 Å². The van der Waals surface area contributed by atoms with E-state index in [1.165, 1.54) is 4.57 Å². The fraction of sp³-hybridized carbons (Fsp3) is 0.417. The average molecular weight is 248 g/mol. The zero-order chi connectivity index (χ0) is 13.1. The topological polar surface area (TPSA) is 72.7 Å². The van der Waals surface area contributed by atoms with Crippen molar-refractivity contribution < 1.29 is 0 Å². The highest BCUT2D eigenvalue weighted by atomic mass is 16.2. The Balaban J connectivity index is 2.34. The number of rotatable bonds is 4. The maximum atomic E-state index is 11.7. The molecular weight excluding hydrogens is 232 g/mol. The summed E-state index contributed by atoms with van der Waals surface area (Å²) in [6, 6.07) is 0. The van der Waals surface area contributed by atoms with Crippen LogP contribution in [0.15, 0.2) is 28.3 Å². The van der Waals surface area contributed by atoms with Crippen LogP contribution in [0.25, 0.3) is 0 Å². The number of H-pyrrole nitrogens is 1. The summed E-state index contributed by atoms with van der Waals surface area (Å²) in [4.78, 5) is 29.3. The lowest BCUT2D eigenvalue weighted by atomic mass is 10.3. The van der Waals surface area contributed by atoms with E-state index in [4.69, 9.17) is 0 Å². The minimum Gasteiger partial charge on any atom is -0.333 e. The van der Waals surface area contributed by atoms with Gasteiger partial charge >= 0.3 is 5.69 Å². The molecule has 2 aromatic rings. The van der Waals surface area contributed by atoms with Crippen molar-refractivity contribution in [3.8, 4) is 0 Å². The molecule has 1 N–H and O–H groups in total. The molecule has 0 aromatic carbocycles. The molecule has 96 valence electrons. The van der Waals surface area contributed by atoms with Crippen LogP contribution in [0.5, 0.6) is 0 Å². The van der Waals surface area contributed by atoms with E-state index in [0.717, 1.165) is 18.7 Å². The van der Waals surface area contributed by atoms with Crippen molar-refractivity contribution in [3.63, 3.8) is 0 Å². The van der Waals surface area contributed by atoms with E-state index in [-0.39, 0.29) is 5.56 Å². The molecule has 0 saturated heterocycles. The number of hydrogen-bond acceptors (Lipinski definition) is 3. The fourth-order valence-corrected chi connectivity index (χ4v) is 1.83. The molecule has 2 rings (SSSR count). The normalized spacial score (nSPS) is 10.8. The Morgan fingerprint density at radius 1 is 1.33 bits per heavy atom. The monoisotopic (exact) mass is 248 g/mol. The molecule has 0 saturated carbocycles. The number of imidazole rings is 1. The zero-order valence-corrected chi connectivity index (χ0v) is 10.5. The molecule has 18 heavy (non-hydrogen) atoms. The average Bonchev–Trinajstić information content (AvgIpc) is 2.74. The lowest BCUT2D eigenvalue weighted by molar-refractivity contribution is 0.608. The standard InChI is InChI=1S/C12H16N4O2/c1-3-4-15-8-13-5-10(15)7-16-6-9(2)11(17)14-12(16)18/h5-6,8H,3-4,7H2,1-2H3,(H,14,17,18). The summed E-state index contributed by atoms with van der Waals surface area (Å²) in [6.45, 7) is 5.04. The second-order valence-corrected chi connectivity index (χ2v) is 4.28. The summed E-state index contributed by atoms with van der Waals surface area (Å²) < 4.78 is 3.49. The van der Waals surface area contributed by atoms with Crippen LogP contribution in [0.1, 0.15) is 24.6 Å². The fourth-order valence-electron chi connectivity index (χ4n) is 1.83. The highest BCUT2D eigenvalue weighted by molar-refractivity contribution is 5.05. The van der Waals surface area contributed by atoms with Crippen LogP contribution >= 0.6 is 0 Å². The second kappa shape index (κ2) is 5.03. The number of aromatic nitrogens is 4. The molecule has 6 heteroatoms. The molecule has 0 atom stereocenters. The molecular formula is C12H16N4O2. The third-order valence-corrected chi connectivity index (χ3v) is 2.78. The van der Waals surface area contributed by atoms with Crippen molar-refractivity contribution in [1.82, 2.24) is 19.1 Å². The lowest BCUT2D eigenvalue weighted by Crippen LogP contribution is -2.31. The molecule has 0 radical (unpaired) electrons. The van der Waals surface area contributed by atoms with E-state index in [2.05, 4.69) is 16.9 Å². The molecule has 6 nitrogen and oxygen atoms in total.